The number of hydrogen-bond donors (Lipinski definition) is 0. The van der Waals surface area contributed by atoms with Crippen LogP contribution in [-0.2, 0) is 0 Å². The summed E-state index contributed by atoms with van der Waals surface area (Å²) in [7, 11) is 0. The first-order valence-corrected chi connectivity index (χ1v) is 42.5. The Balaban J connectivity index is 0.000000102. The summed E-state index contributed by atoms with van der Waals surface area (Å²) < 4.78 is 25.4. The Morgan fingerprint density at radius 1 is 0.113 bits per heavy atom. The molecule has 0 saturated carbocycles. The van der Waals surface area contributed by atoms with Crippen LogP contribution in [0.4, 0.5) is 0 Å². The van der Waals surface area contributed by atoms with Gasteiger partial charge in [-0.15, -0.1) is 0 Å². The number of hydrogen-bond acceptors (Lipinski definition) is 4. The molecular weight excluding hydrogens is 1510 g/mol. The molecular formula is C120H72O4. The number of benzene rings is 23. The van der Waals surface area contributed by atoms with Crippen molar-refractivity contribution in [3.05, 3.63) is 437 Å². The third-order valence-electron chi connectivity index (χ3n) is 25.7. The first-order chi connectivity index (χ1) is 61.5. The van der Waals surface area contributed by atoms with E-state index in [9.17, 15) is 0 Å². The van der Waals surface area contributed by atoms with Gasteiger partial charge in [0, 0.05) is 53.9 Å². The fourth-order valence-corrected chi connectivity index (χ4v) is 20.2. The monoisotopic (exact) mass is 1580 g/mol. The van der Waals surface area contributed by atoms with Gasteiger partial charge in [0.1, 0.15) is 44.7 Å². The van der Waals surface area contributed by atoms with Gasteiger partial charge in [-0.1, -0.05) is 358 Å². The molecule has 0 radical (unpaired) electrons. The molecule has 23 aromatic carbocycles. The van der Waals surface area contributed by atoms with Crippen molar-refractivity contribution in [3.8, 4) is 77.9 Å². The number of fused-ring (bicyclic) bond motifs is 24. The Morgan fingerprint density at radius 3 is 0.790 bits per heavy atom. The zero-order chi connectivity index (χ0) is 81.5. The van der Waals surface area contributed by atoms with E-state index in [-0.39, 0.29) is 0 Å². The van der Waals surface area contributed by atoms with Crippen molar-refractivity contribution >= 4 is 185 Å². The smallest absolute Gasteiger partial charge is 0.143 e. The van der Waals surface area contributed by atoms with E-state index in [2.05, 4.69) is 425 Å². The summed E-state index contributed by atoms with van der Waals surface area (Å²) in [6.07, 6.45) is 0. The Labute approximate surface area is 712 Å². The van der Waals surface area contributed by atoms with E-state index in [1.807, 2.05) is 12.1 Å². The second kappa shape index (κ2) is 28.7. The minimum absolute atomic E-state index is 0.908. The van der Waals surface area contributed by atoms with Crippen LogP contribution in [0.15, 0.2) is 454 Å². The van der Waals surface area contributed by atoms with E-state index in [0.717, 1.165) is 93.1 Å². The lowest BCUT2D eigenvalue weighted by molar-refractivity contribution is 0.668. The van der Waals surface area contributed by atoms with Crippen molar-refractivity contribution in [2.45, 2.75) is 0 Å². The molecule has 124 heavy (non-hydrogen) atoms. The molecule has 0 fully saturated rings. The van der Waals surface area contributed by atoms with Crippen molar-refractivity contribution in [3.63, 3.8) is 0 Å². The quantitative estimate of drug-likeness (QED) is 0.149. The normalized spacial score (nSPS) is 11.9. The molecule has 27 rings (SSSR count). The molecule has 0 bridgehead atoms. The largest absolute Gasteiger partial charge is 0.456 e. The van der Waals surface area contributed by atoms with E-state index in [4.69, 9.17) is 17.7 Å². The molecule has 4 aromatic heterocycles. The summed E-state index contributed by atoms with van der Waals surface area (Å²) in [4.78, 5) is 0. The average Bonchev–Trinajstić information content (AvgIpc) is 1.01. The Kier molecular flexibility index (Phi) is 16.3. The fourth-order valence-electron chi connectivity index (χ4n) is 20.2. The topological polar surface area (TPSA) is 52.6 Å². The van der Waals surface area contributed by atoms with Gasteiger partial charge < -0.3 is 17.7 Å². The highest BCUT2D eigenvalue weighted by Gasteiger charge is 2.25. The van der Waals surface area contributed by atoms with Crippen molar-refractivity contribution in [1.82, 2.24) is 0 Å². The van der Waals surface area contributed by atoms with Crippen LogP contribution in [0.1, 0.15) is 0 Å². The highest BCUT2D eigenvalue weighted by molar-refractivity contribution is 6.28. The van der Waals surface area contributed by atoms with Gasteiger partial charge in [-0.05, 0) is 243 Å². The average molecular weight is 1580 g/mol. The molecule has 4 heterocycles. The Morgan fingerprint density at radius 2 is 0.371 bits per heavy atom. The Bertz CT molecular complexity index is 8900. The van der Waals surface area contributed by atoms with Gasteiger partial charge >= 0.3 is 0 Å². The van der Waals surface area contributed by atoms with E-state index in [0.29, 0.717) is 0 Å². The SMILES string of the molecule is c1ccc(-c2c3ccccc3c(-c3ccc4oc5ccc6ccccc6c5c4c3)c3ccccc23)cc1.c1ccc(-c2cccc(-c3c4ccccc4c(-c4ccc5oc6c7ccccc7ccc6c5c4)c4ccccc34)c2)cc1.c1ccc2c(c1)ccc1c3cc(-c4c5ccccc5c(-c5ccc6oc7ccccc7c6c5)c5ccccc45)ccc3oc21. The Hall–Kier alpha value is -16.4. The lowest BCUT2D eigenvalue weighted by Crippen LogP contribution is -1.91. The van der Waals surface area contributed by atoms with E-state index in [1.165, 1.54) is 169 Å². The molecule has 576 valence electrons. The maximum absolute atomic E-state index is 6.46. The maximum atomic E-state index is 6.46. The van der Waals surface area contributed by atoms with Crippen LogP contribution in [0.25, 0.3) is 263 Å². The van der Waals surface area contributed by atoms with Gasteiger partial charge in [0.05, 0.1) is 0 Å². The van der Waals surface area contributed by atoms with Crippen molar-refractivity contribution in [2.75, 3.05) is 0 Å². The molecule has 0 aliphatic carbocycles. The van der Waals surface area contributed by atoms with Crippen LogP contribution in [0.5, 0.6) is 0 Å². The highest BCUT2D eigenvalue weighted by atomic mass is 16.3. The number of para-hydroxylation sites is 1. The molecule has 0 saturated heterocycles. The van der Waals surface area contributed by atoms with Gasteiger partial charge in [0.2, 0.25) is 0 Å². The summed E-state index contributed by atoms with van der Waals surface area (Å²) in [6, 6.07) is 157. The van der Waals surface area contributed by atoms with Gasteiger partial charge in [-0.2, -0.15) is 0 Å². The minimum Gasteiger partial charge on any atom is -0.456 e. The predicted octanol–water partition coefficient (Wildman–Crippen LogP) is 34.7. The van der Waals surface area contributed by atoms with Crippen molar-refractivity contribution in [2.24, 2.45) is 0 Å². The molecule has 4 nitrogen and oxygen atoms in total. The van der Waals surface area contributed by atoms with Crippen LogP contribution in [0, 0.1) is 0 Å². The first-order valence-electron chi connectivity index (χ1n) is 42.5. The summed E-state index contributed by atoms with van der Waals surface area (Å²) in [5, 5.41) is 31.3. The van der Waals surface area contributed by atoms with Crippen LogP contribution in [0.3, 0.4) is 0 Å². The van der Waals surface area contributed by atoms with Crippen LogP contribution < -0.4 is 0 Å². The molecule has 0 atom stereocenters. The summed E-state index contributed by atoms with van der Waals surface area (Å²) in [6.45, 7) is 0. The number of furan rings is 4. The molecule has 0 spiro atoms. The lowest BCUT2D eigenvalue weighted by atomic mass is 9.85. The van der Waals surface area contributed by atoms with Gasteiger partial charge in [0.15, 0.2) is 0 Å². The third kappa shape index (κ3) is 11.4. The zero-order valence-corrected chi connectivity index (χ0v) is 67.2. The lowest BCUT2D eigenvalue weighted by Gasteiger charge is -2.18. The molecule has 27 aromatic rings. The molecule has 0 aliphatic heterocycles. The summed E-state index contributed by atoms with van der Waals surface area (Å²) in [5.74, 6) is 0. The van der Waals surface area contributed by atoms with E-state index < -0.39 is 0 Å². The summed E-state index contributed by atoms with van der Waals surface area (Å²) >= 11 is 0. The number of rotatable bonds is 7. The van der Waals surface area contributed by atoms with Crippen LogP contribution in [0.2, 0.25) is 0 Å². The molecule has 4 heteroatoms. The molecule has 0 unspecified atom stereocenters. The second-order valence-electron chi connectivity index (χ2n) is 32.6. The van der Waals surface area contributed by atoms with E-state index in [1.54, 1.807) is 0 Å². The van der Waals surface area contributed by atoms with Crippen molar-refractivity contribution in [1.29, 1.82) is 0 Å². The van der Waals surface area contributed by atoms with Crippen molar-refractivity contribution < 1.29 is 17.7 Å². The van der Waals surface area contributed by atoms with Gasteiger partial charge in [-0.25, -0.2) is 0 Å². The summed E-state index contributed by atoms with van der Waals surface area (Å²) in [5.41, 5.74) is 24.7. The first kappa shape index (κ1) is 70.6. The van der Waals surface area contributed by atoms with Crippen LogP contribution >= 0.6 is 0 Å². The fraction of sp³-hybridized carbons (Fsp3) is 0. The molecule has 0 aliphatic rings. The molecule has 0 amide bonds. The minimum atomic E-state index is 0.908. The van der Waals surface area contributed by atoms with Gasteiger partial charge in [0.25, 0.3) is 0 Å². The predicted molar refractivity (Wildman–Crippen MR) is 524 cm³/mol. The van der Waals surface area contributed by atoms with Gasteiger partial charge in [-0.3, -0.25) is 0 Å². The highest BCUT2D eigenvalue weighted by Crippen LogP contribution is 2.51. The third-order valence-corrected chi connectivity index (χ3v) is 25.7. The molecule has 0 N–H and O–H groups in total. The second-order valence-corrected chi connectivity index (χ2v) is 32.6. The zero-order valence-electron chi connectivity index (χ0n) is 67.2. The van der Waals surface area contributed by atoms with E-state index >= 15 is 0 Å². The standard InChI is InChI=1S/C42H24O2.C42H26O.C36H22O/c1-2-10-28-25(9-1)17-20-34-36-24-27(19-22-39(36)44-42(28)34)41-32-14-5-3-12-30(32)40(31-13-4-6-15-33(31)41)26-18-21-38-35(23-26)29-11-7-8-16-37(29)43-38;1-2-11-27(12-3-1)29-14-10-15-30(25-29)40-33-17-6-8-19-35(33)41(36-20-9-7-18-34(36)40)31-22-24-39-38(26-31)37-23-21-28-13-4-5-16-32(28)42(37)43-39;1-2-11-24(12-3-1)34-27-14-6-8-16-29(27)35(30-17-9-7-15-28(30)34)25-19-20-32-31(22-25)36-26-13-5-4-10-23(26)18-21-33(36)37-32/h1-24H;1-26H;1-22H. The maximum Gasteiger partial charge on any atom is 0.143 e. The van der Waals surface area contributed by atoms with Crippen LogP contribution in [-0.4, -0.2) is 0 Å².